The molecule has 8 heteroatoms. The maximum absolute atomic E-state index is 13.1. The first-order chi connectivity index (χ1) is 14.5. The minimum Gasteiger partial charge on any atom is -0.481 e. The van der Waals surface area contributed by atoms with E-state index < -0.39 is 12.2 Å². The lowest BCUT2D eigenvalue weighted by Crippen LogP contribution is -2.30. The van der Waals surface area contributed by atoms with Crippen LogP contribution in [0.3, 0.4) is 0 Å². The van der Waals surface area contributed by atoms with Crippen LogP contribution in [0.15, 0.2) is 75.9 Å². The summed E-state index contributed by atoms with van der Waals surface area (Å²) in [5.41, 5.74) is 1.46. The topological polar surface area (TPSA) is 108 Å². The normalized spacial score (nSPS) is 14.6. The van der Waals surface area contributed by atoms with Crippen molar-refractivity contribution in [2.24, 2.45) is 4.99 Å². The van der Waals surface area contributed by atoms with Crippen LogP contribution in [0.25, 0.3) is 6.08 Å². The second kappa shape index (κ2) is 14.8. The number of nitrogens with one attached hydrogen (secondary N) is 1. The number of halogens is 1. The van der Waals surface area contributed by atoms with Gasteiger partial charge in [0.2, 0.25) is 0 Å². The third-order valence-electron chi connectivity index (χ3n) is 3.87. The number of carbonyl (C=O) groups is 1. The summed E-state index contributed by atoms with van der Waals surface area (Å²) < 4.78 is 17.9. The average molecular weight is 417 g/mol. The number of allylic oxidation sites excluding steroid dienone is 4. The number of aliphatic hydroxyl groups is 1. The Morgan fingerprint density at radius 2 is 2.23 bits per heavy atom. The zero-order chi connectivity index (χ0) is 22.2. The summed E-state index contributed by atoms with van der Waals surface area (Å²) in [5, 5.41) is 25.8. The minimum atomic E-state index is -1.08. The molecule has 1 rings (SSSR count). The molecule has 0 saturated heterocycles. The van der Waals surface area contributed by atoms with Crippen molar-refractivity contribution in [3.8, 4) is 0 Å². The zero-order valence-corrected chi connectivity index (χ0v) is 17.0. The Morgan fingerprint density at radius 3 is 2.87 bits per heavy atom. The number of unbranched alkanes of at least 4 members (excludes halogenated alkanes) is 2. The number of carboxylic acids is 1. The average Bonchev–Trinajstić information content (AvgIpc) is 3.25. The summed E-state index contributed by atoms with van der Waals surface area (Å²) in [6, 6.07) is 1.67. The van der Waals surface area contributed by atoms with E-state index in [-0.39, 0.29) is 18.8 Å². The summed E-state index contributed by atoms with van der Waals surface area (Å²) in [5.74, 6) is -1.19. The third-order valence-corrected chi connectivity index (χ3v) is 3.87. The highest BCUT2D eigenvalue weighted by molar-refractivity contribution is 5.66. The predicted molar refractivity (Wildman–Crippen MR) is 115 cm³/mol. The van der Waals surface area contributed by atoms with Gasteiger partial charge in [-0.3, -0.25) is 15.1 Å². The van der Waals surface area contributed by atoms with Crippen LogP contribution < -0.4 is 5.32 Å². The molecule has 1 unspecified atom stereocenters. The molecule has 3 N–H and O–H groups in total. The fourth-order valence-corrected chi connectivity index (χ4v) is 2.27. The monoisotopic (exact) mass is 417 g/mol. The molecule has 1 atom stereocenters. The molecule has 0 aliphatic carbocycles. The molecule has 0 radical (unpaired) electrons. The largest absolute Gasteiger partial charge is 0.481 e. The third kappa shape index (κ3) is 10.4. The van der Waals surface area contributed by atoms with Gasteiger partial charge in [-0.25, -0.2) is 4.39 Å². The number of aliphatic imine (C=N–C) groups is 1. The van der Waals surface area contributed by atoms with E-state index in [4.69, 9.17) is 9.63 Å². The van der Waals surface area contributed by atoms with Crippen molar-refractivity contribution in [2.75, 3.05) is 6.54 Å². The number of carboxylic acid groups (broad SMARTS) is 1. The highest BCUT2D eigenvalue weighted by Gasteiger charge is 2.11. The van der Waals surface area contributed by atoms with Gasteiger partial charge in [0.15, 0.2) is 0 Å². The summed E-state index contributed by atoms with van der Waals surface area (Å²) in [6.45, 7) is 5.57. The van der Waals surface area contributed by atoms with Gasteiger partial charge >= 0.3 is 5.97 Å². The number of aliphatic carboxylic acids is 1. The van der Waals surface area contributed by atoms with Gasteiger partial charge in [0.05, 0.1) is 5.70 Å². The van der Waals surface area contributed by atoms with Gasteiger partial charge in [-0.05, 0) is 44.4 Å². The van der Waals surface area contributed by atoms with E-state index in [2.05, 4.69) is 22.0 Å². The Hall–Kier alpha value is -3.10. The lowest BCUT2D eigenvalue weighted by Gasteiger charge is -2.14. The van der Waals surface area contributed by atoms with Crippen LogP contribution in [0.2, 0.25) is 0 Å². The molecule has 0 aromatic carbocycles. The van der Waals surface area contributed by atoms with Gasteiger partial charge in [-0.2, -0.15) is 0 Å². The van der Waals surface area contributed by atoms with E-state index in [1.807, 2.05) is 0 Å². The van der Waals surface area contributed by atoms with Crippen molar-refractivity contribution in [1.29, 1.82) is 0 Å². The quantitative estimate of drug-likeness (QED) is 0.181. The van der Waals surface area contributed by atoms with Crippen molar-refractivity contribution in [2.45, 2.75) is 38.8 Å². The van der Waals surface area contributed by atoms with E-state index in [1.165, 1.54) is 24.5 Å². The smallest absolute Gasteiger partial charge is 0.303 e. The van der Waals surface area contributed by atoms with Gasteiger partial charge in [-0.1, -0.05) is 30.0 Å². The molecule has 0 saturated carbocycles. The Morgan fingerprint density at radius 1 is 1.43 bits per heavy atom. The maximum Gasteiger partial charge on any atom is 0.303 e. The SMILES string of the molecule is C=C/C(=C(\C=C\c1ccon1)N=CCCCCC(=O)O)C(O)NC/C=C\C(F)=C/C. The number of hydrogen-bond acceptors (Lipinski definition) is 6. The Kier molecular flexibility index (Phi) is 12.3. The molecule has 1 aromatic heterocycles. The summed E-state index contributed by atoms with van der Waals surface area (Å²) >= 11 is 0. The molecule has 30 heavy (non-hydrogen) atoms. The van der Waals surface area contributed by atoms with Gasteiger partial charge in [0.1, 0.15) is 24.0 Å². The van der Waals surface area contributed by atoms with Gasteiger partial charge in [0, 0.05) is 30.8 Å². The van der Waals surface area contributed by atoms with Crippen LogP contribution in [-0.4, -0.2) is 40.3 Å². The zero-order valence-electron chi connectivity index (χ0n) is 17.0. The first-order valence-electron chi connectivity index (χ1n) is 9.57. The second-order valence-electron chi connectivity index (χ2n) is 6.14. The lowest BCUT2D eigenvalue weighted by molar-refractivity contribution is -0.137. The van der Waals surface area contributed by atoms with E-state index in [0.29, 0.717) is 36.2 Å². The molecule has 0 fully saturated rings. The van der Waals surface area contributed by atoms with E-state index in [0.717, 1.165) is 0 Å². The fraction of sp³-hybridized carbons (Fsp3) is 0.318. The first-order valence-corrected chi connectivity index (χ1v) is 9.57. The molecule has 1 aromatic rings. The highest BCUT2D eigenvalue weighted by atomic mass is 19.1. The number of rotatable bonds is 14. The van der Waals surface area contributed by atoms with Crippen molar-refractivity contribution in [1.82, 2.24) is 10.5 Å². The van der Waals surface area contributed by atoms with Crippen molar-refractivity contribution >= 4 is 18.3 Å². The molecule has 0 bridgehead atoms. The molecule has 0 aliphatic heterocycles. The number of nitrogens with zero attached hydrogens (tertiary/aromatic N) is 2. The molecule has 1 heterocycles. The van der Waals surface area contributed by atoms with Crippen molar-refractivity contribution in [3.63, 3.8) is 0 Å². The first kappa shape index (κ1) is 24.9. The molecule has 0 spiro atoms. The van der Waals surface area contributed by atoms with Crippen molar-refractivity contribution < 1.29 is 23.9 Å². The lowest BCUT2D eigenvalue weighted by atomic mass is 10.1. The standard InChI is InChI=1S/C22H28FN3O4/c1-3-17(23)9-8-15-25-22(29)19(4-2)20(12-11-18-13-16-30-26-18)24-14-7-5-6-10-21(27)28/h3-4,8-9,11-14,16,22,25,29H,2,5-7,10,15H2,1H3,(H,27,28)/b9-8-,12-11+,17-3+,20-19-,24-14?. The summed E-state index contributed by atoms with van der Waals surface area (Å²) in [6.07, 6.45) is 13.0. The maximum atomic E-state index is 13.1. The summed E-state index contributed by atoms with van der Waals surface area (Å²) in [7, 11) is 0. The van der Waals surface area contributed by atoms with Crippen LogP contribution in [0, 0.1) is 0 Å². The molecule has 162 valence electrons. The summed E-state index contributed by atoms with van der Waals surface area (Å²) in [4.78, 5) is 15.0. The predicted octanol–water partition coefficient (Wildman–Crippen LogP) is 4.18. The molecular formula is C22H28FN3O4. The van der Waals surface area contributed by atoms with Gasteiger partial charge < -0.3 is 14.7 Å². The van der Waals surface area contributed by atoms with Crippen LogP contribution in [0.4, 0.5) is 4.39 Å². The Balaban J connectivity index is 2.90. The Labute approximate surface area is 175 Å². The Bertz CT molecular complexity index is 808. The fourth-order valence-electron chi connectivity index (χ4n) is 2.27. The van der Waals surface area contributed by atoms with Crippen molar-refractivity contribution in [3.05, 3.63) is 72.1 Å². The highest BCUT2D eigenvalue weighted by Crippen LogP contribution is 2.15. The minimum absolute atomic E-state index is 0.116. The van der Waals surface area contributed by atoms with Crippen LogP contribution in [-0.2, 0) is 4.79 Å². The molecule has 0 amide bonds. The molecular weight excluding hydrogens is 389 g/mol. The van der Waals surface area contributed by atoms with Crippen LogP contribution in [0.5, 0.6) is 0 Å². The number of aromatic nitrogens is 1. The van der Waals surface area contributed by atoms with E-state index in [1.54, 1.807) is 37.4 Å². The van der Waals surface area contributed by atoms with Gasteiger partial charge in [0.25, 0.3) is 0 Å². The number of aliphatic hydroxyl groups excluding tert-OH is 1. The van der Waals surface area contributed by atoms with Gasteiger partial charge in [-0.15, -0.1) is 0 Å². The number of hydrogen-bond donors (Lipinski definition) is 3. The van der Waals surface area contributed by atoms with Crippen LogP contribution in [0.1, 0.15) is 38.3 Å². The van der Waals surface area contributed by atoms with Crippen LogP contribution >= 0.6 is 0 Å². The van der Waals surface area contributed by atoms with E-state index in [9.17, 15) is 14.3 Å². The molecule has 0 aliphatic rings. The van der Waals surface area contributed by atoms with E-state index >= 15 is 0 Å². The second-order valence-corrected chi connectivity index (χ2v) is 6.14. The molecule has 7 nitrogen and oxygen atoms in total.